The molecule has 2 fully saturated rings. The minimum atomic E-state index is -0.833. The maximum atomic E-state index is 12.7. The summed E-state index contributed by atoms with van der Waals surface area (Å²) in [6, 6.07) is 9.28. The van der Waals surface area contributed by atoms with Gasteiger partial charge in [0.1, 0.15) is 0 Å². The molecule has 0 spiro atoms. The van der Waals surface area contributed by atoms with Crippen LogP contribution < -0.4 is 5.32 Å². The van der Waals surface area contributed by atoms with Crippen LogP contribution in [0.4, 0.5) is 0 Å². The van der Waals surface area contributed by atoms with Crippen LogP contribution >= 0.6 is 0 Å². The number of nitrogens with one attached hydrogen (secondary N) is 1. The van der Waals surface area contributed by atoms with E-state index in [9.17, 15) is 4.79 Å². The summed E-state index contributed by atoms with van der Waals surface area (Å²) in [4.78, 5) is 35.2. The highest BCUT2D eigenvalue weighted by molar-refractivity contribution is 5.78. The molecule has 3 N–H and O–H groups in total. The SMILES string of the molecule is CC(=O)O.CC(=O)O.O=C(CN1CCc2ccccc2C1)N1CC[C@@H]2NCCC[C@@H]2C1. The van der Waals surface area contributed by atoms with Crippen LogP contribution in [0.5, 0.6) is 0 Å². The summed E-state index contributed by atoms with van der Waals surface area (Å²) < 4.78 is 0. The molecule has 0 saturated carbocycles. The van der Waals surface area contributed by atoms with Crippen LogP contribution in [0.1, 0.15) is 44.2 Å². The highest BCUT2D eigenvalue weighted by Crippen LogP contribution is 2.25. The second-order valence-corrected chi connectivity index (χ2v) is 8.36. The Balaban J connectivity index is 0.000000370. The zero-order valence-corrected chi connectivity index (χ0v) is 18.5. The molecule has 0 aliphatic carbocycles. The minimum absolute atomic E-state index is 0.327. The van der Waals surface area contributed by atoms with Gasteiger partial charge in [-0.1, -0.05) is 24.3 Å². The molecule has 8 nitrogen and oxygen atoms in total. The first-order valence-electron chi connectivity index (χ1n) is 11.0. The summed E-state index contributed by atoms with van der Waals surface area (Å²) >= 11 is 0. The number of carbonyl (C=O) groups excluding carboxylic acids is 1. The molecule has 8 heteroatoms. The van der Waals surface area contributed by atoms with Gasteiger partial charge in [-0.3, -0.25) is 19.3 Å². The molecule has 0 aromatic heterocycles. The van der Waals surface area contributed by atoms with Crippen molar-refractivity contribution in [2.24, 2.45) is 5.92 Å². The van der Waals surface area contributed by atoms with E-state index in [0.717, 1.165) is 59.4 Å². The van der Waals surface area contributed by atoms with Crippen LogP contribution in [0.2, 0.25) is 0 Å². The van der Waals surface area contributed by atoms with Crippen LogP contribution in [0, 0.1) is 5.92 Å². The maximum absolute atomic E-state index is 12.7. The number of amides is 1. The van der Waals surface area contributed by atoms with Gasteiger partial charge in [0.15, 0.2) is 0 Å². The molecule has 2 atom stereocenters. The zero-order chi connectivity index (χ0) is 22.8. The molecule has 3 aliphatic heterocycles. The third-order valence-electron chi connectivity index (χ3n) is 5.81. The number of likely N-dealkylation sites (tertiary alicyclic amines) is 1. The Morgan fingerprint density at radius 1 is 1.03 bits per heavy atom. The normalized spacial score (nSPS) is 22.5. The van der Waals surface area contributed by atoms with Crippen LogP contribution in [0.25, 0.3) is 0 Å². The lowest BCUT2D eigenvalue weighted by Gasteiger charge is -2.42. The van der Waals surface area contributed by atoms with Gasteiger partial charge in [0.2, 0.25) is 5.91 Å². The largest absolute Gasteiger partial charge is 0.481 e. The van der Waals surface area contributed by atoms with Gasteiger partial charge >= 0.3 is 0 Å². The van der Waals surface area contributed by atoms with E-state index >= 15 is 0 Å². The molecule has 3 heterocycles. The first-order valence-corrected chi connectivity index (χ1v) is 11.0. The molecule has 1 aromatic carbocycles. The van der Waals surface area contributed by atoms with E-state index in [0.29, 0.717) is 24.4 Å². The summed E-state index contributed by atoms with van der Waals surface area (Å²) in [5, 5.41) is 18.5. The van der Waals surface area contributed by atoms with Crippen molar-refractivity contribution in [2.45, 2.75) is 52.1 Å². The molecule has 0 unspecified atom stereocenters. The number of hydrogen-bond donors (Lipinski definition) is 3. The number of nitrogens with zero attached hydrogens (tertiary/aromatic N) is 2. The van der Waals surface area contributed by atoms with Gasteiger partial charge in [0.25, 0.3) is 11.9 Å². The number of piperidine rings is 2. The van der Waals surface area contributed by atoms with E-state index < -0.39 is 11.9 Å². The number of benzene rings is 1. The van der Waals surface area contributed by atoms with Crippen molar-refractivity contribution in [1.29, 1.82) is 0 Å². The number of fused-ring (bicyclic) bond motifs is 2. The van der Waals surface area contributed by atoms with Gasteiger partial charge in [-0.25, -0.2) is 0 Å². The first kappa shape index (κ1) is 24.8. The minimum Gasteiger partial charge on any atom is -0.481 e. The Labute approximate surface area is 184 Å². The fraction of sp³-hybridized carbons (Fsp3) is 0.609. The van der Waals surface area contributed by atoms with E-state index in [4.69, 9.17) is 19.8 Å². The molecule has 31 heavy (non-hydrogen) atoms. The van der Waals surface area contributed by atoms with Crippen LogP contribution in [0.15, 0.2) is 24.3 Å². The van der Waals surface area contributed by atoms with Gasteiger partial charge in [0.05, 0.1) is 6.54 Å². The van der Waals surface area contributed by atoms with Crippen molar-refractivity contribution in [3.63, 3.8) is 0 Å². The van der Waals surface area contributed by atoms with Crippen LogP contribution in [0.3, 0.4) is 0 Å². The van der Waals surface area contributed by atoms with Crippen LogP contribution in [-0.2, 0) is 27.3 Å². The first-order chi connectivity index (χ1) is 14.8. The molecular formula is C23H35N3O5. The highest BCUT2D eigenvalue weighted by atomic mass is 16.4. The van der Waals surface area contributed by atoms with E-state index in [2.05, 4.69) is 39.4 Å². The van der Waals surface area contributed by atoms with Crippen molar-refractivity contribution in [2.75, 3.05) is 32.7 Å². The summed E-state index contributed by atoms with van der Waals surface area (Å²) in [7, 11) is 0. The Morgan fingerprint density at radius 2 is 1.68 bits per heavy atom. The van der Waals surface area contributed by atoms with E-state index in [1.54, 1.807) is 0 Å². The standard InChI is InChI=1S/C19H27N3O.2C2H4O2/c23-19(22-11-8-18-17(13-22)6-3-9-20-18)14-21-10-7-15-4-1-2-5-16(15)12-21;2*1-2(3)4/h1-2,4-5,17-18,20H,3,6-14H2;2*1H3,(H,3,4)/t17-,18+;;/m1../s1. The Bertz CT molecular complexity index is 734. The molecule has 172 valence electrons. The molecule has 4 rings (SSSR count). The molecule has 1 amide bonds. The molecular weight excluding hydrogens is 398 g/mol. The summed E-state index contributed by atoms with van der Waals surface area (Å²) in [6.07, 6.45) is 4.72. The Hall–Kier alpha value is -2.45. The number of aliphatic carboxylic acids is 2. The molecule has 2 saturated heterocycles. The van der Waals surface area contributed by atoms with E-state index in [1.807, 2.05) is 0 Å². The third-order valence-corrected chi connectivity index (χ3v) is 5.81. The second-order valence-electron chi connectivity index (χ2n) is 8.36. The van der Waals surface area contributed by atoms with Crippen molar-refractivity contribution in [1.82, 2.24) is 15.1 Å². The van der Waals surface area contributed by atoms with Crippen LogP contribution in [-0.4, -0.2) is 76.6 Å². The lowest BCUT2D eigenvalue weighted by molar-refractivity contribution is -0.135. The van der Waals surface area contributed by atoms with Gasteiger partial charge < -0.3 is 20.4 Å². The van der Waals surface area contributed by atoms with Gasteiger partial charge in [-0.05, 0) is 49.3 Å². The molecule has 3 aliphatic rings. The fourth-order valence-corrected chi connectivity index (χ4v) is 4.45. The highest BCUT2D eigenvalue weighted by Gasteiger charge is 2.33. The average molecular weight is 434 g/mol. The van der Waals surface area contributed by atoms with Crippen molar-refractivity contribution in [3.8, 4) is 0 Å². The predicted molar refractivity (Wildman–Crippen MR) is 118 cm³/mol. The monoisotopic (exact) mass is 433 g/mol. The van der Waals surface area contributed by atoms with Gasteiger partial charge in [-0.15, -0.1) is 0 Å². The fourth-order valence-electron chi connectivity index (χ4n) is 4.45. The third kappa shape index (κ3) is 8.67. The summed E-state index contributed by atoms with van der Waals surface area (Å²) in [5.41, 5.74) is 2.84. The van der Waals surface area contributed by atoms with Crippen molar-refractivity contribution >= 4 is 17.8 Å². The Morgan fingerprint density at radius 3 is 2.35 bits per heavy atom. The zero-order valence-electron chi connectivity index (χ0n) is 18.5. The smallest absolute Gasteiger partial charge is 0.300 e. The van der Waals surface area contributed by atoms with E-state index in [1.165, 1.54) is 24.0 Å². The number of rotatable bonds is 2. The van der Waals surface area contributed by atoms with E-state index in [-0.39, 0.29) is 0 Å². The maximum Gasteiger partial charge on any atom is 0.300 e. The second kappa shape index (κ2) is 12.4. The van der Waals surface area contributed by atoms with Gasteiger partial charge in [-0.2, -0.15) is 0 Å². The topological polar surface area (TPSA) is 110 Å². The summed E-state index contributed by atoms with van der Waals surface area (Å²) in [5.74, 6) is -0.670. The van der Waals surface area contributed by atoms with Crippen molar-refractivity contribution < 1.29 is 24.6 Å². The molecule has 0 radical (unpaired) electrons. The predicted octanol–water partition coefficient (Wildman–Crippen LogP) is 1.83. The van der Waals surface area contributed by atoms with Gasteiger partial charge in [0, 0.05) is 46.1 Å². The number of hydrogen-bond acceptors (Lipinski definition) is 5. The lowest BCUT2D eigenvalue weighted by atomic mass is 9.85. The lowest BCUT2D eigenvalue weighted by Crippen LogP contribution is -2.55. The Kier molecular flexibility index (Phi) is 9.94. The molecule has 0 bridgehead atoms. The molecule has 1 aromatic rings. The number of carbonyl (C=O) groups is 3. The average Bonchev–Trinajstić information content (AvgIpc) is 2.72. The summed E-state index contributed by atoms with van der Waals surface area (Å²) in [6.45, 7) is 7.72. The quantitative estimate of drug-likeness (QED) is 0.653. The number of carboxylic acids is 2. The van der Waals surface area contributed by atoms with Crippen molar-refractivity contribution in [3.05, 3.63) is 35.4 Å². The number of carboxylic acid groups (broad SMARTS) is 2.